The van der Waals surface area contributed by atoms with Gasteiger partial charge in [-0.1, -0.05) is 36.4 Å². The molecule has 7 heteroatoms. The van der Waals surface area contributed by atoms with Crippen LogP contribution in [0.1, 0.15) is 40.1 Å². The highest BCUT2D eigenvalue weighted by atomic mass is 16.7. The number of carbonyl (C=O) groups is 1. The zero-order valence-corrected chi connectivity index (χ0v) is 19.9. The van der Waals surface area contributed by atoms with Crippen molar-refractivity contribution in [3.05, 3.63) is 93.4 Å². The van der Waals surface area contributed by atoms with Crippen LogP contribution >= 0.6 is 0 Å². The topological polar surface area (TPSA) is 84.7 Å². The van der Waals surface area contributed by atoms with Crippen LogP contribution in [0.15, 0.2) is 70.0 Å². The van der Waals surface area contributed by atoms with Crippen LogP contribution in [0.3, 0.4) is 0 Å². The molecule has 2 aromatic carbocycles. The highest BCUT2D eigenvalue weighted by Gasteiger charge is 2.22. The number of aryl methyl sites for hydroxylation is 1. The van der Waals surface area contributed by atoms with E-state index in [9.17, 15) is 9.59 Å². The molecular weight excluding hydrogens is 430 g/mol. The molecule has 0 aliphatic heterocycles. The van der Waals surface area contributed by atoms with E-state index < -0.39 is 0 Å². The van der Waals surface area contributed by atoms with Gasteiger partial charge in [-0.15, -0.1) is 0 Å². The molecule has 7 nitrogen and oxygen atoms in total. The molecule has 2 aromatic heterocycles. The summed E-state index contributed by atoms with van der Waals surface area (Å²) in [5, 5.41) is 5.02. The zero-order valence-electron chi connectivity index (χ0n) is 19.9. The lowest BCUT2D eigenvalue weighted by atomic mass is 9.98. The van der Waals surface area contributed by atoms with Crippen molar-refractivity contribution in [3.63, 3.8) is 0 Å². The van der Waals surface area contributed by atoms with E-state index in [2.05, 4.69) is 10.3 Å². The van der Waals surface area contributed by atoms with E-state index in [1.807, 2.05) is 56.3 Å². The predicted octanol–water partition coefficient (Wildman–Crippen LogP) is 5.28. The second kappa shape index (κ2) is 9.49. The molecule has 0 aliphatic carbocycles. The van der Waals surface area contributed by atoms with Crippen molar-refractivity contribution in [1.82, 2.24) is 10.0 Å². The van der Waals surface area contributed by atoms with E-state index >= 15 is 0 Å². The third-order valence-corrected chi connectivity index (χ3v) is 5.84. The number of fused-ring (bicyclic) bond motifs is 1. The van der Waals surface area contributed by atoms with Crippen molar-refractivity contribution >= 4 is 22.6 Å². The Morgan fingerprint density at radius 3 is 2.56 bits per heavy atom. The molecule has 4 rings (SSSR count). The molecule has 0 spiro atoms. The molecular formula is C27H27N3O4. The first kappa shape index (κ1) is 23.2. The fourth-order valence-electron chi connectivity index (χ4n) is 3.99. The summed E-state index contributed by atoms with van der Waals surface area (Å²) < 4.78 is 6.39. The minimum Gasteiger partial charge on any atom is -0.455 e. The number of hydroxylamine groups is 2. The molecule has 2 heterocycles. The molecule has 4 aromatic rings. The van der Waals surface area contributed by atoms with Crippen molar-refractivity contribution in [3.8, 4) is 11.3 Å². The maximum Gasteiger partial charge on any atom is 0.297 e. The van der Waals surface area contributed by atoms with Gasteiger partial charge in [0, 0.05) is 29.9 Å². The summed E-state index contributed by atoms with van der Waals surface area (Å²) in [5.74, 6) is 0.176. The molecule has 0 radical (unpaired) electrons. The first-order chi connectivity index (χ1) is 16.3. The number of aromatic nitrogens is 1. The average molecular weight is 458 g/mol. The van der Waals surface area contributed by atoms with Gasteiger partial charge in [-0.3, -0.25) is 14.4 Å². The number of benzene rings is 2. The fourth-order valence-corrected chi connectivity index (χ4v) is 3.99. The second-order valence-electron chi connectivity index (χ2n) is 8.23. The molecule has 0 bridgehead atoms. The third-order valence-electron chi connectivity index (χ3n) is 5.84. The summed E-state index contributed by atoms with van der Waals surface area (Å²) in [5.41, 5.74) is 4.41. The summed E-state index contributed by atoms with van der Waals surface area (Å²) in [6, 6.07) is 16.7. The summed E-state index contributed by atoms with van der Waals surface area (Å²) >= 11 is 0. The van der Waals surface area contributed by atoms with E-state index in [-0.39, 0.29) is 23.1 Å². The first-order valence-electron chi connectivity index (χ1n) is 11.0. The number of hydrogen-bond acceptors (Lipinski definition) is 6. The number of anilines is 1. The first-order valence-corrected chi connectivity index (χ1v) is 11.0. The molecule has 1 atom stereocenters. The maximum atomic E-state index is 13.3. The highest BCUT2D eigenvalue weighted by Crippen LogP contribution is 2.32. The predicted molar refractivity (Wildman–Crippen MR) is 133 cm³/mol. The Labute approximate surface area is 198 Å². The summed E-state index contributed by atoms with van der Waals surface area (Å²) in [4.78, 5) is 35.3. The smallest absolute Gasteiger partial charge is 0.297 e. The monoisotopic (exact) mass is 457 g/mol. The largest absolute Gasteiger partial charge is 0.455 e. The number of rotatable bonds is 6. The SMILES string of the molecule is CON(C)C(=O)c1ncccc1N[C@H](C)c1cc(C)cc2c(=O)c(C)c(-c3ccccc3)oc12. The van der Waals surface area contributed by atoms with Crippen LogP contribution < -0.4 is 10.7 Å². The van der Waals surface area contributed by atoms with Crippen molar-refractivity contribution in [2.45, 2.75) is 26.8 Å². The highest BCUT2D eigenvalue weighted by molar-refractivity contribution is 5.97. The van der Waals surface area contributed by atoms with E-state index in [0.717, 1.165) is 21.8 Å². The lowest BCUT2D eigenvalue weighted by Crippen LogP contribution is -2.27. The minimum absolute atomic E-state index is 0.0591. The Morgan fingerprint density at radius 1 is 1.12 bits per heavy atom. The quantitative estimate of drug-likeness (QED) is 0.397. The van der Waals surface area contributed by atoms with Gasteiger partial charge in [0.1, 0.15) is 11.3 Å². The van der Waals surface area contributed by atoms with Gasteiger partial charge in [-0.2, -0.15) is 0 Å². The van der Waals surface area contributed by atoms with Crippen molar-refractivity contribution in [2.24, 2.45) is 0 Å². The maximum absolute atomic E-state index is 13.3. The van der Waals surface area contributed by atoms with E-state index in [0.29, 0.717) is 28.0 Å². The van der Waals surface area contributed by atoms with E-state index in [1.165, 1.54) is 14.2 Å². The number of amides is 1. The van der Waals surface area contributed by atoms with Crippen LogP contribution in [0, 0.1) is 13.8 Å². The van der Waals surface area contributed by atoms with Crippen LogP contribution in [0.4, 0.5) is 5.69 Å². The lowest BCUT2D eigenvalue weighted by Gasteiger charge is -2.21. The van der Waals surface area contributed by atoms with Crippen LogP contribution in [-0.2, 0) is 4.84 Å². The van der Waals surface area contributed by atoms with Crippen molar-refractivity contribution in [2.75, 3.05) is 19.5 Å². The van der Waals surface area contributed by atoms with Gasteiger partial charge in [0.2, 0.25) is 0 Å². The fraction of sp³-hybridized carbons (Fsp3) is 0.222. The Morgan fingerprint density at radius 2 is 1.85 bits per heavy atom. The Hall–Kier alpha value is -3.97. The van der Waals surface area contributed by atoms with Crippen LogP contribution in [0.2, 0.25) is 0 Å². The Balaban J connectivity index is 1.83. The third kappa shape index (κ3) is 4.30. The van der Waals surface area contributed by atoms with Gasteiger partial charge in [0.15, 0.2) is 11.1 Å². The van der Waals surface area contributed by atoms with Crippen LogP contribution in [0.5, 0.6) is 0 Å². The molecule has 0 unspecified atom stereocenters. The molecule has 0 fully saturated rings. The molecule has 0 aliphatic rings. The normalized spacial score (nSPS) is 11.9. The van der Waals surface area contributed by atoms with Gasteiger partial charge < -0.3 is 9.73 Å². The van der Waals surface area contributed by atoms with Crippen LogP contribution in [-0.4, -0.2) is 30.1 Å². The number of nitrogens with one attached hydrogen (secondary N) is 1. The molecule has 1 amide bonds. The number of nitrogens with zero attached hydrogens (tertiary/aromatic N) is 2. The molecule has 174 valence electrons. The van der Waals surface area contributed by atoms with Gasteiger partial charge >= 0.3 is 0 Å². The van der Waals surface area contributed by atoms with Crippen molar-refractivity contribution in [1.29, 1.82) is 0 Å². The summed E-state index contributed by atoms with van der Waals surface area (Å²) in [7, 11) is 2.95. The van der Waals surface area contributed by atoms with Gasteiger partial charge in [0.25, 0.3) is 5.91 Å². The van der Waals surface area contributed by atoms with Crippen LogP contribution in [0.25, 0.3) is 22.3 Å². The summed E-state index contributed by atoms with van der Waals surface area (Å²) in [6.45, 7) is 5.69. The lowest BCUT2D eigenvalue weighted by molar-refractivity contribution is -0.0759. The zero-order chi connectivity index (χ0) is 24.4. The van der Waals surface area contributed by atoms with E-state index in [4.69, 9.17) is 9.25 Å². The number of carbonyl (C=O) groups excluding carboxylic acids is 1. The van der Waals surface area contributed by atoms with Gasteiger partial charge in [-0.05, 0) is 44.5 Å². The molecule has 0 saturated heterocycles. The number of pyridine rings is 1. The Bertz CT molecular complexity index is 1410. The Kier molecular flexibility index (Phi) is 6.47. The molecule has 1 N–H and O–H groups in total. The molecule has 0 saturated carbocycles. The number of hydrogen-bond donors (Lipinski definition) is 1. The van der Waals surface area contributed by atoms with Gasteiger partial charge in [0.05, 0.1) is 24.2 Å². The second-order valence-corrected chi connectivity index (χ2v) is 8.23. The van der Waals surface area contributed by atoms with Crippen molar-refractivity contribution < 1.29 is 14.0 Å². The minimum atomic E-state index is -0.375. The van der Waals surface area contributed by atoms with Gasteiger partial charge in [-0.25, -0.2) is 10.0 Å². The standard InChI is InChI=1S/C27H27N3O4/c1-16-14-20(18(3)29-22-12-9-13-28-23(22)27(32)30(4)33-5)26-21(15-16)24(31)17(2)25(34-26)19-10-7-6-8-11-19/h6-15,18,29H,1-5H3/t18-/m1/s1. The average Bonchev–Trinajstić information content (AvgIpc) is 2.86. The summed E-state index contributed by atoms with van der Waals surface area (Å²) in [6.07, 6.45) is 1.56. The molecule has 34 heavy (non-hydrogen) atoms. The van der Waals surface area contributed by atoms with E-state index in [1.54, 1.807) is 25.3 Å².